The molecular formula is C13H12N4. The second kappa shape index (κ2) is 3.66. The zero-order valence-corrected chi connectivity index (χ0v) is 9.75. The Bertz CT molecular complexity index is 685. The second-order valence-electron chi connectivity index (χ2n) is 4.14. The van der Waals surface area contributed by atoms with Gasteiger partial charge in [0, 0.05) is 6.20 Å². The average molecular weight is 224 g/mol. The minimum absolute atomic E-state index is 0.791. The molecule has 17 heavy (non-hydrogen) atoms. The van der Waals surface area contributed by atoms with Crippen LogP contribution in [-0.4, -0.2) is 20.0 Å². The summed E-state index contributed by atoms with van der Waals surface area (Å²) in [6.45, 7) is 4.15. The van der Waals surface area contributed by atoms with Gasteiger partial charge in [-0.3, -0.25) is 0 Å². The molecule has 84 valence electrons. The first-order chi connectivity index (χ1) is 8.25. The molecule has 2 heterocycles. The van der Waals surface area contributed by atoms with E-state index in [0.717, 1.165) is 16.9 Å². The highest BCUT2D eigenvalue weighted by Gasteiger charge is 2.08. The summed E-state index contributed by atoms with van der Waals surface area (Å²) < 4.78 is 1.78. The maximum atomic E-state index is 4.32. The van der Waals surface area contributed by atoms with E-state index >= 15 is 0 Å². The third-order valence-corrected chi connectivity index (χ3v) is 2.79. The lowest BCUT2D eigenvalue weighted by atomic mass is 10.1. The van der Waals surface area contributed by atoms with Gasteiger partial charge in [-0.1, -0.05) is 22.9 Å². The standard InChI is InChI=1S/C13H12N4/c1-9-5-6-12(10(2)8-9)17-13-11(15-16-17)4-3-7-14-13/h3-8H,1-2H3. The third-order valence-electron chi connectivity index (χ3n) is 2.79. The largest absolute Gasteiger partial charge is 0.235 e. The predicted molar refractivity (Wildman–Crippen MR) is 66.1 cm³/mol. The topological polar surface area (TPSA) is 43.6 Å². The smallest absolute Gasteiger partial charge is 0.183 e. The van der Waals surface area contributed by atoms with Crippen LogP contribution in [0.15, 0.2) is 36.5 Å². The monoisotopic (exact) mass is 224 g/mol. The number of aryl methyl sites for hydroxylation is 2. The summed E-state index contributed by atoms with van der Waals surface area (Å²) in [7, 11) is 0. The van der Waals surface area contributed by atoms with Crippen LogP contribution < -0.4 is 0 Å². The average Bonchev–Trinajstić information content (AvgIpc) is 2.73. The Morgan fingerprint density at radius 1 is 1.12 bits per heavy atom. The van der Waals surface area contributed by atoms with Crippen molar-refractivity contribution in [2.24, 2.45) is 0 Å². The molecule has 3 aromatic rings. The molecule has 0 radical (unpaired) electrons. The first-order valence-electron chi connectivity index (χ1n) is 5.50. The number of hydrogen-bond donors (Lipinski definition) is 0. The Hall–Kier alpha value is -2.23. The van der Waals surface area contributed by atoms with Crippen molar-refractivity contribution in [1.82, 2.24) is 20.0 Å². The van der Waals surface area contributed by atoms with E-state index in [1.807, 2.05) is 18.2 Å². The van der Waals surface area contributed by atoms with E-state index in [4.69, 9.17) is 0 Å². The SMILES string of the molecule is Cc1ccc(-n2nnc3cccnc32)c(C)c1. The highest BCUT2D eigenvalue weighted by Crippen LogP contribution is 2.18. The van der Waals surface area contributed by atoms with Crippen molar-refractivity contribution in [1.29, 1.82) is 0 Å². The molecule has 0 aliphatic rings. The quantitative estimate of drug-likeness (QED) is 0.637. The summed E-state index contributed by atoms with van der Waals surface area (Å²) in [6, 6.07) is 10.0. The van der Waals surface area contributed by atoms with Gasteiger partial charge in [0.2, 0.25) is 0 Å². The van der Waals surface area contributed by atoms with Crippen LogP contribution >= 0.6 is 0 Å². The van der Waals surface area contributed by atoms with Crippen molar-refractivity contribution in [2.75, 3.05) is 0 Å². The minimum atomic E-state index is 0.791. The first-order valence-corrected chi connectivity index (χ1v) is 5.50. The molecule has 0 saturated heterocycles. The summed E-state index contributed by atoms with van der Waals surface area (Å²) in [6.07, 6.45) is 1.76. The fourth-order valence-electron chi connectivity index (χ4n) is 1.97. The van der Waals surface area contributed by atoms with Crippen molar-refractivity contribution in [3.63, 3.8) is 0 Å². The van der Waals surface area contributed by atoms with Crippen LogP contribution in [0.5, 0.6) is 0 Å². The van der Waals surface area contributed by atoms with E-state index in [9.17, 15) is 0 Å². The fraction of sp³-hybridized carbons (Fsp3) is 0.154. The van der Waals surface area contributed by atoms with E-state index in [0.29, 0.717) is 0 Å². The fourth-order valence-corrected chi connectivity index (χ4v) is 1.97. The van der Waals surface area contributed by atoms with Crippen LogP contribution in [0.4, 0.5) is 0 Å². The van der Waals surface area contributed by atoms with Crippen molar-refractivity contribution >= 4 is 11.2 Å². The Morgan fingerprint density at radius 3 is 2.82 bits per heavy atom. The van der Waals surface area contributed by atoms with Crippen LogP contribution in [0.25, 0.3) is 16.9 Å². The number of fused-ring (bicyclic) bond motifs is 1. The Kier molecular flexibility index (Phi) is 2.14. The van der Waals surface area contributed by atoms with Gasteiger partial charge in [-0.15, -0.1) is 5.10 Å². The normalized spacial score (nSPS) is 10.9. The molecule has 0 atom stereocenters. The van der Waals surface area contributed by atoms with Gasteiger partial charge in [0.05, 0.1) is 5.69 Å². The first kappa shape index (κ1) is 9.96. The van der Waals surface area contributed by atoms with Crippen LogP contribution in [0.1, 0.15) is 11.1 Å². The lowest BCUT2D eigenvalue weighted by molar-refractivity contribution is 0.812. The Labute approximate surface area is 98.9 Å². The number of benzene rings is 1. The van der Waals surface area contributed by atoms with E-state index < -0.39 is 0 Å². The maximum absolute atomic E-state index is 4.32. The van der Waals surface area contributed by atoms with Gasteiger partial charge in [-0.25, -0.2) is 4.98 Å². The van der Waals surface area contributed by atoms with Crippen molar-refractivity contribution < 1.29 is 0 Å². The summed E-state index contributed by atoms with van der Waals surface area (Å²) >= 11 is 0. The van der Waals surface area contributed by atoms with Crippen LogP contribution in [0.2, 0.25) is 0 Å². The molecular weight excluding hydrogens is 212 g/mol. The van der Waals surface area contributed by atoms with Crippen molar-refractivity contribution in [2.45, 2.75) is 13.8 Å². The van der Waals surface area contributed by atoms with Crippen LogP contribution in [-0.2, 0) is 0 Å². The van der Waals surface area contributed by atoms with E-state index in [1.165, 1.54) is 11.1 Å². The zero-order chi connectivity index (χ0) is 11.8. The lowest BCUT2D eigenvalue weighted by Crippen LogP contribution is -2.00. The molecule has 0 aliphatic carbocycles. The molecule has 1 aromatic carbocycles. The highest BCUT2D eigenvalue weighted by atomic mass is 15.4. The summed E-state index contributed by atoms with van der Waals surface area (Å²) in [5, 5.41) is 8.27. The maximum Gasteiger partial charge on any atom is 0.183 e. The molecule has 0 unspecified atom stereocenters. The molecule has 3 rings (SSSR count). The van der Waals surface area contributed by atoms with Crippen LogP contribution in [0, 0.1) is 13.8 Å². The minimum Gasteiger partial charge on any atom is -0.235 e. The van der Waals surface area contributed by atoms with Gasteiger partial charge >= 0.3 is 0 Å². The highest BCUT2D eigenvalue weighted by molar-refractivity contribution is 5.71. The number of hydrogen-bond acceptors (Lipinski definition) is 3. The van der Waals surface area contributed by atoms with E-state index in [2.05, 4.69) is 41.3 Å². The summed E-state index contributed by atoms with van der Waals surface area (Å²) in [4.78, 5) is 4.32. The van der Waals surface area contributed by atoms with Crippen molar-refractivity contribution in [3.05, 3.63) is 47.7 Å². The van der Waals surface area contributed by atoms with Crippen molar-refractivity contribution in [3.8, 4) is 5.69 Å². The Morgan fingerprint density at radius 2 is 2.00 bits per heavy atom. The van der Waals surface area contributed by atoms with Gasteiger partial charge in [-0.2, -0.15) is 4.68 Å². The van der Waals surface area contributed by atoms with Gasteiger partial charge in [0.25, 0.3) is 0 Å². The molecule has 4 nitrogen and oxygen atoms in total. The van der Waals surface area contributed by atoms with E-state index in [1.54, 1.807) is 10.9 Å². The van der Waals surface area contributed by atoms with E-state index in [-0.39, 0.29) is 0 Å². The zero-order valence-electron chi connectivity index (χ0n) is 9.75. The number of rotatable bonds is 1. The summed E-state index contributed by atoms with van der Waals surface area (Å²) in [5.74, 6) is 0. The third kappa shape index (κ3) is 1.58. The second-order valence-corrected chi connectivity index (χ2v) is 4.14. The number of nitrogens with zero attached hydrogens (tertiary/aromatic N) is 4. The molecule has 0 aliphatic heterocycles. The molecule has 0 bridgehead atoms. The molecule has 4 heteroatoms. The van der Waals surface area contributed by atoms with Gasteiger partial charge in [0.1, 0.15) is 5.52 Å². The summed E-state index contributed by atoms with van der Waals surface area (Å²) in [5.41, 5.74) is 5.04. The molecule has 0 saturated carbocycles. The Balaban J connectivity index is 2.27. The molecule has 2 aromatic heterocycles. The van der Waals surface area contributed by atoms with Gasteiger partial charge in [0.15, 0.2) is 5.65 Å². The number of pyridine rings is 1. The lowest BCUT2D eigenvalue weighted by Gasteiger charge is -2.06. The molecule has 0 spiro atoms. The van der Waals surface area contributed by atoms with Gasteiger partial charge in [-0.05, 0) is 37.6 Å². The molecule has 0 amide bonds. The van der Waals surface area contributed by atoms with Crippen LogP contribution in [0.3, 0.4) is 0 Å². The predicted octanol–water partition coefficient (Wildman–Crippen LogP) is 2.43. The van der Waals surface area contributed by atoms with Gasteiger partial charge < -0.3 is 0 Å². The molecule has 0 fully saturated rings. The molecule has 0 N–H and O–H groups in total. The number of aromatic nitrogens is 4.